The fourth-order valence-corrected chi connectivity index (χ4v) is 4.10. The number of amides is 3. The summed E-state index contributed by atoms with van der Waals surface area (Å²) in [5.41, 5.74) is 1.32. The maximum atomic E-state index is 12.9. The molecule has 1 atom stereocenters. The first kappa shape index (κ1) is 19.8. The van der Waals surface area contributed by atoms with Crippen molar-refractivity contribution in [3.05, 3.63) is 81.5 Å². The van der Waals surface area contributed by atoms with Crippen molar-refractivity contribution in [3.63, 3.8) is 0 Å². The molecule has 0 radical (unpaired) electrons. The second-order valence-corrected chi connectivity index (χ2v) is 7.82. The molecule has 0 saturated heterocycles. The van der Waals surface area contributed by atoms with E-state index in [4.69, 9.17) is 4.74 Å². The SMILES string of the molecule is CCOc1ccc(N2C(=O)c3ccc(C(=O)NC(C)c4cccs4)cc3C2=O)cc1. The third-order valence-electron chi connectivity index (χ3n) is 4.87. The van der Waals surface area contributed by atoms with Crippen LogP contribution in [0.1, 0.15) is 55.8 Å². The minimum absolute atomic E-state index is 0.150. The van der Waals surface area contributed by atoms with Crippen LogP contribution in [0, 0.1) is 0 Å². The zero-order chi connectivity index (χ0) is 21.3. The third kappa shape index (κ3) is 3.59. The highest BCUT2D eigenvalue weighted by atomic mass is 32.1. The van der Waals surface area contributed by atoms with Crippen molar-refractivity contribution in [2.75, 3.05) is 11.5 Å². The predicted octanol–water partition coefficient (Wildman–Crippen LogP) is 4.44. The van der Waals surface area contributed by atoms with Gasteiger partial charge in [0.05, 0.1) is 29.5 Å². The maximum Gasteiger partial charge on any atom is 0.266 e. The van der Waals surface area contributed by atoms with Gasteiger partial charge in [0.15, 0.2) is 0 Å². The van der Waals surface area contributed by atoms with Crippen molar-refractivity contribution in [2.24, 2.45) is 0 Å². The van der Waals surface area contributed by atoms with Gasteiger partial charge in [-0.2, -0.15) is 0 Å². The van der Waals surface area contributed by atoms with Crippen LogP contribution < -0.4 is 15.0 Å². The molecule has 4 rings (SSSR count). The molecule has 30 heavy (non-hydrogen) atoms. The summed E-state index contributed by atoms with van der Waals surface area (Å²) in [6.45, 7) is 4.31. The summed E-state index contributed by atoms with van der Waals surface area (Å²) < 4.78 is 5.41. The number of thiophene rings is 1. The third-order valence-corrected chi connectivity index (χ3v) is 5.93. The average molecular weight is 420 g/mol. The van der Waals surface area contributed by atoms with Gasteiger partial charge in [0, 0.05) is 10.4 Å². The number of fused-ring (bicyclic) bond motifs is 1. The number of rotatable bonds is 6. The lowest BCUT2D eigenvalue weighted by Crippen LogP contribution is -2.29. The molecule has 3 aromatic rings. The Morgan fingerprint density at radius 2 is 1.80 bits per heavy atom. The summed E-state index contributed by atoms with van der Waals surface area (Å²) in [6.07, 6.45) is 0. The molecule has 2 heterocycles. The predicted molar refractivity (Wildman–Crippen MR) is 115 cm³/mol. The number of nitrogens with zero attached hydrogens (tertiary/aromatic N) is 1. The monoisotopic (exact) mass is 420 g/mol. The number of imide groups is 1. The maximum absolute atomic E-state index is 12.9. The second-order valence-electron chi connectivity index (χ2n) is 6.84. The van der Waals surface area contributed by atoms with E-state index in [2.05, 4.69) is 5.32 Å². The van der Waals surface area contributed by atoms with Gasteiger partial charge in [-0.05, 0) is 67.8 Å². The molecule has 7 heteroatoms. The van der Waals surface area contributed by atoms with E-state index in [9.17, 15) is 14.4 Å². The van der Waals surface area contributed by atoms with E-state index in [0.29, 0.717) is 23.6 Å². The zero-order valence-electron chi connectivity index (χ0n) is 16.5. The van der Waals surface area contributed by atoms with Crippen molar-refractivity contribution in [3.8, 4) is 5.75 Å². The summed E-state index contributed by atoms with van der Waals surface area (Å²) in [5, 5.41) is 4.88. The van der Waals surface area contributed by atoms with Crippen molar-refractivity contribution in [1.82, 2.24) is 5.32 Å². The molecule has 1 aliphatic rings. The number of ether oxygens (including phenoxy) is 1. The van der Waals surface area contributed by atoms with Crippen LogP contribution in [0.15, 0.2) is 60.0 Å². The van der Waals surface area contributed by atoms with Crippen LogP contribution in [0.5, 0.6) is 5.75 Å². The molecule has 0 spiro atoms. The van der Waals surface area contributed by atoms with Crippen LogP contribution in [0.3, 0.4) is 0 Å². The number of anilines is 1. The molecule has 1 unspecified atom stereocenters. The standard InChI is InChI=1S/C23H20N2O4S/c1-3-29-17-9-7-16(8-10-17)25-22(27)18-11-6-15(13-19(18)23(25)28)21(26)24-14(2)20-5-4-12-30-20/h4-14H,3H2,1-2H3,(H,24,26). The summed E-state index contributed by atoms with van der Waals surface area (Å²) in [7, 11) is 0. The number of carbonyl (C=O) groups excluding carboxylic acids is 3. The Balaban J connectivity index is 1.56. The molecule has 1 aromatic heterocycles. The van der Waals surface area contributed by atoms with Gasteiger partial charge in [-0.1, -0.05) is 6.07 Å². The van der Waals surface area contributed by atoms with E-state index in [-0.39, 0.29) is 23.1 Å². The highest BCUT2D eigenvalue weighted by Crippen LogP contribution is 2.30. The lowest BCUT2D eigenvalue weighted by atomic mass is 10.0. The minimum Gasteiger partial charge on any atom is -0.494 e. The fraction of sp³-hybridized carbons (Fsp3) is 0.174. The van der Waals surface area contributed by atoms with Crippen LogP contribution in [-0.4, -0.2) is 24.3 Å². The number of hydrogen-bond acceptors (Lipinski definition) is 5. The number of benzene rings is 2. The molecule has 1 N–H and O–H groups in total. The Morgan fingerprint density at radius 1 is 1.07 bits per heavy atom. The molecular weight excluding hydrogens is 400 g/mol. The topological polar surface area (TPSA) is 75.7 Å². The Labute approximate surface area is 178 Å². The summed E-state index contributed by atoms with van der Waals surface area (Å²) in [4.78, 5) is 40.6. The van der Waals surface area contributed by atoms with E-state index < -0.39 is 11.8 Å². The van der Waals surface area contributed by atoms with E-state index in [0.717, 1.165) is 9.78 Å². The van der Waals surface area contributed by atoms with Gasteiger partial charge in [0.2, 0.25) is 0 Å². The molecular formula is C23H20N2O4S. The first-order valence-corrected chi connectivity index (χ1v) is 10.5. The molecule has 152 valence electrons. The summed E-state index contributed by atoms with van der Waals surface area (Å²) >= 11 is 1.56. The quantitative estimate of drug-likeness (QED) is 0.598. The molecule has 0 aliphatic carbocycles. The molecule has 0 bridgehead atoms. The van der Waals surface area contributed by atoms with Crippen LogP contribution in [0.25, 0.3) is 0 Å². The van der Waals surface area contributed by atoms with Gasteiger partial charge in [-0.15, -0.1) is 11.3 Å². The Bertz CT molecular complexity index is 1110. The number of carbonyl (C=O) groups is 3. The minimum atomic E-state index is -0.444. The Kier molecular flexibility index (Phi) is 5.37. The summed E-state index contributed by atoms with van der Waals surface area (Å²) in [6, 6.07) is 15.1. The molecule has 0 fully saturated rings. The highest BCUT2D eigenvalue weighted by molar-refractivity contribution is 7.10. The fourth-order valence-electron chi connectivity index (χ4n) is 3.36. The second kappa shape index (κ2) is 8.12. The molecule has 2 aromatic carbocycles. The van der Waals surface area contributed by atoms with Crippen molar-refractivity contribution in [2.45, 2.75) is 19.9 Å². The summed E-state index contributed by atoms with van der Waals surface area (Å²) in [5.74, 6) is -0.478. The lowest BCUT2D eigenvalue weighted by molar-refractivity contribution is 0.0922. The van der Waals surface area contributed by atoms with Crippen LogP contribution in [-0.2, 0) is 0 Å². The van der Waals surface area contributed by atoms with Crippen molar-refractivity contribution < 1.29 is 19.1 Å². The van der Waals surface area contributed by atoms with E-state index >= 15 is 0 Å². The van der Waals surface area contributed by atoms with Gasteiger partial charge in [0.25, 0.3) is 17.7 Å². The van der Waals surface area contributed by atoms with Crippen LogP contribution in [0.2, 0.25) is 0 Å². The first-order chi connectivity index (χ1) is 14.5. The van der Waals surface area contributed by atoms with Gasteiger partial charge < -0.3 is 10.1 Å². The van der Waals surface area contributed by atoms with Gasteiger partial charge in [-0.25, -0.2) is 4.90 Å². The Hall–Kier alpha value is -3.45. The van der Waals surface area contributed by atoms with Gasteiger partial charge >= 0.3 is 0 Å². The van der Waals surface area contributed by atoms with Crippen molar-refractivity contribution >= 4 is 34.7 Å². The van der Waals surface area contributed by atoms with E-state index in [1.807, 2.05) is 31.4 Å². The van der Waals surface area contributed by atoms with Gasteiger partial charge in [-0.3, -0.25) is 14.4 Å². The van der Waals surface area contributed by atoms with Crippen molar-refractivity contribution in [1.29, 1.82) is 0 Å². The normalized spacial score (nSPS) is 13.9. The zero-order valence-corrected chi connectivity index (χ0v) is 17.4. The largest absolute Gasteiger partial charge is 0.494 e. The highest BCUT2D eigenvalue weighted by Gasteiger charge is 2.37. The molecule has 6 nitrogen and oxygen atoms in total. The first-order valence-electron chi connectivity index (χ1n) is 9.59. The van der Waals surface area contributed by atoms with Gasteiger partial charge in [0.1, 0.15) is 5.75 Å². The lowest BCUT2D eigenvalue weighted by Gasteiger charge is -2.14. The molecule has 1 aliphatic heterocycles. The average Bonchev–Trinajstić information content (AvgIpc) is 3.37. The number of hydrogen-bond donors (Lipinski definition) is 1. The smallest absolute Gasteiger partial charge is 0.266 e. The Morgan fingerprint density at radius 3 is 2.47 bits per heavy atom. The number of nitrogens with one attached hydrogen (secondary N) is 1. The molecule has 3 amide bonds. The van der Waals surface area contributed by atoms with E-state index in [1.165, 1.54) is 12.1 Å². The van der Waals surface area contributed by atoms with Crippen LogP contribution >= 0.6 is 11.3 Å². The molecule has 0 saturated carbocycles. The van der Waals surface area contributed by atoms with Crippen LogP contribution in [0.4, 0.5) is 5.69 Å². The van der Waals surface area contributed by atoms with E-state index in [1.54, 1.807) is 41.7 Å².